The van der Waals surface area contributed by atoms with Crippen molar-refractivity contribution >= 4 is 34.0 Å². The molecule has 0 saturated heterocycles. The first kappa shape index (κ1) is 27.0. The fraction of sp³-hybridized carbons (Fsp3) is 0.429. The standard InChI is InChI=1S/C28H33N5O2S2/c1-6-13-33-25(18-9-8-10-20(14-18)35-5)31-32-27(33)36-17-24(34)30-26-22(16-29)21-12-11-19(15-23(21)37-26)28(3,4)7-2/h6,8-10,14,19H,1,7,11-13,15,17H2,2-5H3,(H,30,34). The topological polar surface area (TPSA) is 92.8 Å². The lowest BCUT2D eigenvalue weighted by Crippen LogP contribution is -2.28. The molecule has 1 aromatic carbocycles. The molecule has 0 spiro atoms. The van der Waals surface area contributed by atoms with E-state index in [0.717, 1.165) is 42.6 Å². The monoisotopic (exact) mass is 535 g/mol. The van der Waals surface area contributed by atoms with E-state index in [1.807, 2.05) is 28.8 Å². The zero-order valence-corrected chi connectivity index (χ0v) is 23.5. The lowest BCUT2D eigenvalue weighted by atomic mass is 9.69. The Kier molecular flexibility index (Phi) is 8.40. The molecule has 0 aliphatic heterocycles. The number of aromatic nitrogens is 3. The third-order valence-electron chi connectivity index (χ3n) is 7.34. The van der Waals surface area contributed by atoms with Crippen molar-refractivity contribution in [2.75, 3.05) is 18.2 Å². The molecule has 2 aromatic heterocycles. The van der Waals surface area contributed by atoms with E-state index in [-0.39, 0.29) is 17.1 Å². The molecule has 1 aliphatic carbocycles. The lowest BCUT2D eigenvalue weighted by Gasteiger charge is -2.36. The average Bonchev–Trinajstić information content (AvgIpc) is 3.47. The first-order valence-electron chi connectivity index (χ1n) is 12.5. The maximum atomic E-state index is 12.9. The van der Waals surface area contributed by atoms with E-state index in [1.165, 1.54) is 16.6 Å². The summed E-state index contributed by atoms with van der Waals surface area (Å²) in [5, 5.41) is 22.8. The van der Waals surface area contributed by atoms with Crippen LogP contribution in [0.5, 0.6) is 5.75 Å². The summed E-state index contributed by atoms with van der Waals surface area (Å²) < 4.78 is 7.27. The van der Waals surface area contributed by atoms with Crippen LogP contribution in [0.4, 0.5) is 5.00 Å². The summed E-state index contributed by atoms with van der Waals surface area (Å²) in [6.07, 6.45) is 5.85. The predicted octanol–water partition coefficient (Wildman–Crippen LogP) is 6.34. The van der Waals surface area contributed by atoms with Gasteiger partial charge in [-0.15, -0.1) is 28.1 Å². The van der Waals surface area contributed by atoms with Gasteiger partial charge in [-0.1, -0.05) is 57.2 Å². The van der Waals surface area contributed by atoms with E-state index >= 15 is 0 Å². The number of anilines is 1. The number of allylic oxidation sites excluding steroid dienone is 1. The van der Waals surface area contributed by atoms with Crippen molar-refractivity contribution in [1.82, 2.24) is 14.8 Å². The Labute approximate surface area is 226 Å². The number of hydrogen-bond acceptors (Lipinski definition) is 7. The number of methoxy groups -OCH3 is 1. The van der Waals surface area contributed by atoms with Gasteiger partial charge < -0.3 is 10.1 Å². The van der Waals surface area contributed by atoms with Crippen LogP contribution in [0, 0.1) is 22.7 Å². The van der Waals surface area contributed by atoms with Gasteiger partial charge in [0, 0.05) is 17.0 Å². The van der Waals surface area contributed by atoms with Crippen LogP contribution in [0.2, 0.25) is 0 Å². The van der Waals surface area contributed by atoms with Crippen molar-refractivity contribution < 1.29 is 9.53 Å². The molecular weight excluding hydrogens is 502 g/mol. The molecule has 9 heteroatoms. The van der Waals surface area contributed by atoms with Gasteiger partial charge in [0.15, 0.2) is 11.0 Å². The highest BCUT2D eigenvalue weighted by molar-refractivity contribution is 7.99. The fourth-order valence-corrected chi connectivity index (χ4v) is 6.75. The summed E-state index contributed by atoms with van der Waals surface area (Å²) in [5.74, 6) is 2.00. The lowest BCUT2D eigenvalue weighted by molar-refractivity contribution is -0.113. The number of fused-ring (bicyclic) bond motifs is 1. The van der Waals surface area contributed by atoms with Crippen molar-refractivity contribution in [3.05, 3.63) is 52.9 Å². The summed E-state index contributed by atoms with van der Waals surface area (Å²) in [6, 6.07) is 9.97. The van der Waals surface area contributed by atoms with E-state index in [2.05, 4.69) is 48.9 Å². The largest absolute Gasteiger partial charge is 0.497 e. The number of nitrogens with one attached hydrogen (secondary N) is 1. The van der Waals surface area contributed by atoms with Gasteiger partial charge in [0.05, 0.1) is 18.4 Å². The van der Waals surface area contributed by atoms with Gasteiger partial charge >= 0.3 is 0 Å². The molecule has 0 bridgehead atoms. The molecule has 1 atom stereocenters. The van der Waals surface area contributed by atoms with E-state index in [9.17, 15) is 10.1 Å². The van der Waals surface area contributed by atoms with E-state index in [0.29, 0.717) is 34.0 Å². The van der Waals surface area contributed by atoms with Gasteiger partial charge in [0.1, 0.15) is 16.8 Å². The normalized spacial score (nSPS) is 15.1. The minimum Gasteiger partial charge on any atom is -0.497 e. The smallest absolute Gasteiger partial charge is 0.235 e. The van der Waals surface area contributed by atoms with Gasteiger partial charge in [-0.3, -0.25) is 9.36 Å². The highest BCUT2D eigenvalue weighted by Gasteiger charge is 2.34. The van der Waals surface area contributed by atoms with Gasteiger partial charge in [-0.25, -0.2) is 0 Å². The van der Waals surface area contributed by atoms with Crippen molar-refractivity contribution in [1.29, 1.82) is 5.26 Å². The van der Waals surface area contributed by atoms with Gasteiger partial charge in [0.25, 0.3) is 0 Å². The highest BCUT2D eigenvalue weighted by atomic mass is 32.2. The Morgan fingerprint density at radius 1 is 1.43 bits per heavy atom. The minimum atomic E-state index is -0.165. The number of thioether (sulfide) groups is 1. The number of hydrogen-bond donors (Lipinski definition) is 1. The predicted molar refractivity (Wildman–Crippen MR) is 150 cm³/mol. The first-order chi connectivity index (χ1) is 17.8. The average molecular weight is 536 g/mol. The van der Waals surface area contributed by atoms with Crippen LogP contribution in [0.3, 0.4) is 0 Å². The molecular formula is C28H33N5O2S2. The Balaban J connectivity index is 1.47. The summed E-state index contributed by atoms with van der Waals surface area (Å²) in [6.45, 7) is 11.3. The zero-order valence-electron chi connectivity index (χ0n) is 21.8. The summed E-state index contributed by atoms with van der Waals surface area (Å²) in [7, 11) is 1.62. The number of nitriles is 1. The number of nitrogens with zero attached hydrogens (tertiary/aromatic N) is 4. The molecule has 2 heterocycles. The van der Waals surface area contributed by atoms with Crippen LogP contribution in [-0.2, 0) is 24.2 Å². The molecule has 0 fully saturated rings. The highest BCUT2D eigenvalue weighted by Crippen LogP contribution is 2.45. The van der Waals surface area contributed by atoms with Crippen molar-refractivity contribution in [2.24, 2.45) is 11.3 Å². The second-order valence-electron chi connectivity index (χ2n) is 9.88. The number of carbonyl (C=O) groups is 1. The molecule has 37 heavy (non-hydrogen) atoms. The quantitative estimate of drug-likeness (QED) is 0.240. The second-order valence-corrected chi connectivity index (χ2v) is 11.9. The SMILES string of the molecule is C=CCn1c(SCC(=O)Nc2sc3c(c2C#N)CCC(C(C)(C)CC)C3)nnc1-c1cccc(OC)c1. The molecule has 0 saturated carbocycles. The molecule has 3 aromatic rings. The number of carbonyl (C=O) groups excluding carboxylic acids is 1. The fourth-order valence-electron chi connectivity index (χ4n) is 4.71. The Morgan fingerprint density at radius 2 is 2.24 bits per heavy atom. The van der Waals surface area contributed by atoms with Crippen molar-refractivity contribution in [3.8, 4) is 23.2 Å². The number of benzene rings is 1. The van der Waals surface area contributed by atoms with E-state index in [1.54, 1.807) is 24.5 Å². The van der Waals surface area contributed by atoms with Crippen LogP contribution in [-0.4, -0.2) is 33.5 Å². The van der Waals surface area contributed by atoms with Gasteiger partial charge in [-0.05, 0) is 48.3 Å². The summed E-state index contributed by atoms with van der Waals surface area (Å²) >= 11 is 2.88. The number of rotatable bonds is 10. The third-order valence-corrected chi connectivity index (χ3v) is 9.47. The number of ether oxygens (including phenoxy) is 1. The summed E-state index contributed by atoms with van der Waals surface area (Å²) in [4.78, 5) is 14.2. The molecule has 1 N–H and O–H groups in total. The van der Waals surface area contributed by atoms with Crippen LogP contribution in [0.1, 0.15) is 49.6 Å². The van der Waals surface area contributed by atoms with E-state index < -0.39 is 0 Å². The molecule has 194 valence electrons. The van der Waals surface area contributed by atoms with Crippen LogP contribution in [0.15, 0.2) is 42.1 Å². The van der Waals surface area contributed by atoms with Gasteiger partial charge in [-0.2, -0.15) is 5.26 Å². The Bertz CT molecular complexity index is 1330. The Hall–Kier alpha value is -3.09. The maximum absolute atomic E-state index is 12.9. The van der Waals surface area contributed by atoms with E-state index in [4.69, 9.17) is 4.74 Å². The molecule has 1 aliphatic rings. The number of amides is 1. The van der Waals surface area contributed by atoms with Gasteiger partial charge in [0.2, 0.25) is 5.91 Å². The summed E-state index contributed by atoms with van der Waals surface area (Å²) in [5.41, 5.74) is 2.88. The number of thiophene rings is 1. The molecule has 1 unspecified atom stereocenters. The minimum absolute atomic E-state index is 0.159. The first-order valence-corrected chi connectivity index (χ1v) is 14.3. The van der Waals surface area contributed by atoms with Crippen molar-refractivity contribution in [2.45, 2.75) is 58.2 Å². The van der Waals surface area contributed by atoms with Crippen LogP contribution < -0.4 is 10.1 Å². The maximum Gasteiger partial charge on any atom is 0.235 e. The second kappa shape index (κ2) is 11.5. The third kappa shape index (κ3) is 5.76. The van der Waals surface area contributed by atoms with Crippen LogP contribution in [0.25, 0.3) is 11.4 Å². The molecule has 4 rings (SSSR count). The zero-order chi connectivity index (χ0) is 26.6. The molecule has 7 nitrogen and oxygen atoms in total. The van der Waals surface area contributed by atoms with Crippen LogP contribution >= 0.6 is 23.1 Å². The molecule has 1 amide bonds. The van der Waals surface area contributed by atoms with Crippen molar-refractivity contribution in [3.63, 3.8) is 0 Å². The Morgan fingerprint density at radius 3 is 2.95 bits per heavy atom. The molecule has 0 radical (unpaired) electrons.